The molecule has 0 N–H and O–H groups in total. The predicted molar refractivity (Wildman–Crippen MR) is 96.5 cm³/mol. The lowest BCUT2D eigenvalue weighted by Gasteiger charge is -2.21. The third-order valence-corrected chi connectivity index (χ3v) is 5.63. The maximum absolute atomic E-state index is 12.9. The van der Waals surface area contributed by atoms with Crippen molar-refractivity contribution in [1.82, 2.24) is 9.80 Å². The summed E-state index contributed by atoms with van der Waals surface area (Å²) >= 11 is 5.98. The number of halogens is 1. The number of amides is 2. The number of carbonyl (C=O) groups excluding carboxylic acids is 2. The van der Waals surface area contributed by atoms with Crippen LogP contribution in [-0.4, -0.2) is 61.5 Å². The third-order valence-electron chi connectivity index (χ3n) is 5.38. The number of hydrogen-bond acceptors (Lipinski definition) is 3. The highest BCUT2D eigenvalue weighted by Gasteiger charge is 2.38. The second-order valence-electron chi connectivity index (χ2n) is 7.14. The average molecular weight is 365 g/mol. The maximum atomic E-state index is 12.9. The van der Waals surface area contributed by atoms with Gasteiger partial charge in [0.1, 0.15) is 6.61 Å². The van der Waals surface area contributed by atoms with E-state index in [0.717, 1.165) is 24.5 Å². The van der Waals surface area contributed by atoms with Gasteiger partial charge in [0.25, 0.3) is 0 Å². The van der Waals surface area contributed by atoms with E-state index in [1.54, 1.807) is 4.90 Å². The molecule has 2 fully saturated rings. The molecule has 0 aliphatic carbocycles. The third kappa shape index (κ3) is 3.98. The fourth-order valence-electron chi connectivity index (χ4n) is 3.95. The lowest BCUT2D eigenvalue weighted by molar-refractivity contribution is -0.136. The molecule has 0 bridgehead atoms. The molecule has 25 heavy (non-hydrogen) atoms. The molecule has 0 radical (unpaired) electrons. The second-order valence-corrected chi connectivity index (χ2v) is 7.57. The van der Waals surface area contributed by atoms with Gasteiger partial charge in [0, 0.05) is 44.2 Å². The minimum Gasteiger partial charge on any atom is -0.375 e. The van der Waals surface area contributed by atoms with Gasteiger partial charge in [0.05, 0.1) is 5.92 Å². The molecule has 2 amide bonds. The van der Waals surface area contributed by atoms with E-state index < -0.39 is 0 Å². The largest absolute Gasteiger partial charge is 0.375 e. The summed E-state index contributed by atoms with van der Waals surface area (Å²) in [6.07, 6.45) is 0.741. The van der Waals surface area contributed by atoms with E-state index in [9.17, 15) is 9.59 Å². The summed E-state index contributed by atoms with van der Waals surface area (Å²) in [7, 11) is 1.51. The van der Waals surface area contributed by atoms with Crippen LogP contribution in [0.15, 0.2) is 24.3 Å². The normalized spacial score (nSPS) is 26.3. The molecule has 3 atom stereocenters. The van der Waals surface area contributed by atoms with Crippen molar-refractivity contribution in [1.29, 1.82) is 0 Å². The Labute approximate surface area is 153 Å². The van der Waals surface area contributed by atoms with E-state index in [2.05, 4.69) is 19.1 Å². The summed E-state index contributed by atoms with van der Waals surface area (Å²) in [5.41, 5.74) is 1.23. The van der Waals surface area contributed by atoms with Gasteiger partial charge < -0.3 is 14.5 Å². The molecule has 1 aromatic rings. The Morgan fingerprint density at radius 1 is 1.16 bits per heavy atom. The molecular formula is C19H25ClN2O3. The number of carbonyl (C=O) groups is 2. The monoisotopic (exact) mass is 364 g/mol. The van der Waals surface area contributed by atoms with Crippen LogP contribution in [-0.2, 0) is 14.3 Å². The van der Waals surface area contributed by atoms with Crippen molar-refractivity contribution in [2.45, 2.75) is 19.3 Å². The first-order chi connectivity index (χ1) is 12.0. The molecule has 3 rings (SSSR count). The van der Waals surface area contributed by atoms with Gasteiger partial charge in [-0.05, 0) is 30.0 Å². The van der Waals surface area contributed by atoms with Gasteiger partial charge in [-0.2, -0.15) is 0 Å². The van der Waals surface area contributed by atoms with Gasteiger partial charge >= 0.3 is 0 Å². The zero-order valence-electron chi connectivity index (χ0n) is 14.8. The van der Waals surface area contributed by atoms with Gasteiger partial charge in [-0.3, -0.25) is 9.59 Å². The summed E-state index contributed by atoms with van der Waals surface area (Å²) < 4.78 is 4.90. The summed E-state index contributed by atoms with van der Waals surface area (Å²) in [4.78, 5) is 28.5. The number of rotatable bonds is 4. The lowest BCUT2D eigenvalue weighted by Crippen LogP contribution is -2.37. The van der Waals surface area contributed by atoms with E-state index >= 15 is 0 Å². The van der Waals surface area contributed by atoms with Crippen molar-refractivity contribution in [2.24, 2.45) is 11.8 Å². The maximum Gasteiger partial charge on any atom is 0.248 e. The summed E-state index contributed by atoms with van der Waals surface area (Å²) in [5, 5.41) is 0.731. The number of methoxy groups -OCH3 is 1. The first kappa shape index (κ1) is 18.2. The van der Waals surface area contributed by atoms with Gasteiger partial charge in [0.2, 0.25) is 11.8 Å². The molecule has 0 saturated carbocycles. The van der Waals surface area contributed by atoms with Crippen LogP contribution in [0.25, 0.3) is 0 Å². The fourth-order valence-corrected chi connectivity index (χ4v) is 4.08. The van der Waals surface area contributed by atoms with E-state index in [4.69, 9.17) is 16.3 Å². The predicted octanol–water partition coefficient (Wildman–Crippen LogP) is 2.40. The molecule has 136 valence electrons. The molecule has 2 aliphatic rings. The number of hydrogen-bond donors (Lipinski definition) is 0. The minimum atomic E-state index is -0.0861. The van der Waals surface area contributed by atoms with Crippen molar-refractivity contribution in [2.75, 3.05) is 39.9 Å². The smallest absolute Gasteiger partial charge is 0.248 e. The van der Waals surface area contributed by atoms with E-state index in [1.807, 2.05) is 17.0 Å². The highest BCUT2D eigenvalue weighted by atomic mass is 35.5. The highest BCUT2D eigenvalue weighted by molar-refractivity contribution is 6.30. The zero-order valence-corrected chi connectivity index (χ0v) is 15.5. The number of nitrogens with zero attached hydrogens (tertiary/aromatic N) is 2. The van der Waals surface area contributed by atoms with Crippen LogP contribution >= 0.6 is 11.6 Å². The van der Waals surface area contributed by atoms with Crippen molar-refractivity contribution in [3.05, 3.63) is 34.9 Å². The fraction of sp³-hybridized carbons (Fsp3) is 0.579. The molecule has 2 saturated heterocycles. The first-order valence-corrected chi connectivity index (χ1v) is 9.18. The Bertz CT molecular complexity index is 634. The topological polar surface area (TPSA) is 49.9 Å². The van der Waals surface area contributed by atoms with Crippen LogP contribution < -0.4 is 0 Å². The lowest BCUT2D eigenvalue weighted by atomic mass is 9.90. The van der Waals surface area contributed by atoms with Gasteiger partial charge in [-0.25, -0.2) is 0 Å². The summed E-state index contributed by atoms with van der Waals surface area (Å²) in [6.45, 7) is 4.94. The van der Waals surface area contributed by atoms with Crippen LogP contribution in [0.4, 0.5) is 0 Å². The molecule has 2 aliphatic heterocycles. The van der Waals surface area contributed by atoms with E-state index in [0.29, 0.717) is 24.9 Å². The van der Waals surface area contributed by atoms with Gasteiger partial charge in [-0.1, -0.05) is 30.7 Å². The van der Waals surface area contributed by atoms with Crippen molar-refractivity contribution in [3.63, 3.8) is 0 Å². The Morgan fingerprint density at radius 2 is 1.88 bits per heavy atom. The quantitative estimate of drug-likeness (QED) is 0.824. The molecule has 1 unspecified atom stereocenters. The van der Waals surface area contributed by atoms with Crippen molar-refractivity contribution in [3.8, 4) is 0 Å². The van der Waals surface area contributed by atoms with Crippen LogP contribution in [0.1, 0.15) is 24.8 Å². The molecular weight excluding hydrogens is 340 g/mol. The number of benzene rings is 1. The average Bonchev–Trinajstić information content (AvgIpc) is 3.22. The molecule has 5 nitrogen and oxygen atoms in total. The highest BCUT2D eigenvalue weighted by Crippen LogP contribution is 2.34. The minimum absolute atomic E-state index is 0.0355. The van der Waals surface area contributed by atoms with E-state index in [-0.39, 0.29) is 24.3 Å². The molecule has 1 aromatic carbocycles. The molecule has 0 spiro atoms. The summed E-state index contributed by atoms with van der Waals surface area (Å²) in [5.74, 6) is 0.811. The Kier molecular flexibility index (Phi) is 5.64. The Morgan fingerprint density at radius 3 is 2.56 bits per heavy atom. The SMILES string of the molecule is COCC(=O)N1CCC(C(=O)N2C[C@@H](C)[C@H](c3ccc(Cl)cc3)C2)C1. The van der Waals surface area contributed by atoms with Crippen LogP contribution in [0, 0.1) is 11.8 Å². The molecule has 6 heteroatoms. The first-order valence-electron chi connectivity index (χ1n) is 8.80. The Balaban J connectivity index is 1.60. The van der Waals surface area contributed by atoms with Crippen LogP contribution in [0.5, 0.6) is 0 Å². The zero-order chi connectivity index (χ0) is 18.0. The van der Waals surface area contributed by atoms with Crippen molar-refractivity contribution < 1.29 is 14.3 Å². The van der Waals surface area contributed by atoms with Gasteiger partial charge in [-0.15, -0.1) is 0 Å². The Hall–Kier alpha value is -1.59. The molecule has 0 aromatic heterocycles. The van der Waals surface area contributed by atoms with Crippen LogP contribution in [0.2, 0.25) is 5.02 Å². The van der Waals surface area contributed by atoms with Crippen molar-refractivity contribution >= 4 is 23.4 Å². The summed E-state index contributed by atoms with van der Waals surface area (Å²) in [6, 6.07) is 7.92. The number of ether oxygens (including phenoxy) is 1. The van der Waals surface area contributed by atoms with E-state index in [1.165, 1.54) is 12.7 Å². The van der Waals surface area contributed by atoms with Crippen LogP contribution in [0.3, 0.4) is 0 Å². The standard InChI is InChI=1S/C19H25ClN2O3/c1-13-9-22(11-17(13)14-3-5-16(20)6-4-14)19(24)15-7-8-21(10-15)18(23)12-25-2/h3-6,13,15,17H,7-12H2,1-2H3/t13-,15?,17-/m1/s1. The second kappa shape index (κ2) is 7.75. The van der Waals surface area contributed by atoms with Gasteiger partial charge in [0.15, 0.2) is 0 Å². The number of likely N-dealkylation sites (tertiary alicyclic amines) is 2. The molecule has 2 heterocycles.